The molecule has 2 aliphatic rings. The number of carbonyl (C=O) groups is 2. The van der Waals surface area contributed by atoms with Gasteiger partial charge in [-0.05, 0) is 56.1 Å². The van der Waals surface area contributed by atoms with Gasteiger partial charge >= 0.3 is 0 Å². The molecule has 2 aliphatic heterocycles. The zero-order chi connectivity index (χ0) is 35.6. The first-order valence-electron chi connectivity index (χ1n) is 17.5. The van der Waals surface area contributed by atoms with Gasteiger partial charge in [0.2, 0.25) is 11.7 Å². The van der Waals surface area contributed by atoms with Crippen LogP contribution in [0, 0.1) is 11.6 Å². The van der Waals surface area contributed by atoms with E-state index < -0.39 is 29.1 Å². The maximum Gasteiger partial charge on any atom is 0.278 e. The van der Waals surface area contributed by atoms with Crippen LogP contribution in [0.3, 0.4) is 0 Å². The molecular weight excluding hydrogens is 682 g/mol. The van der Waals surface area contributed by atoms with Gasteiger partial charge in [-0.25, -0.2) is 9.37 Å². The van der Waals surface area contributed by atoms with Gasteiger partial charge in [0.15, 0.2) is 16.7 Å². The number of imide groups is 1. The summed E-state index contributed by atoms with van der Waals surface area (Å²) < 4.78 is 41.1. The van der Waals surface area contributed by atoms with E-state index in [1.807, 2.05) is 11.4 Å². The monoisotopic (exact) mass is 724 g/mol. The molecule has 4 heterocycles. The lowest BCUT2D eigenvalue weighted by molar-refractivity contribution is -0.136. The van der Waals surface area contributed by atoms with Crippen LogP contribution in [0.1, 0.15) is 57.4 Å². The first kappa shape index (κ1) is 36.3. The normalized spacial score (nSPS) is 16.4. The Morgan fingerprint density at radius 3 is 2.57 bits per heavy atom. The molecule has 1 unspecified atom stereocenters. The number of unbranched alkanes of at least 4 members (excludes halogenated alkanes) is 5. The zero-order valence-corrected chi connectivity index (χ0v) is 29.1. The van der Waals surface area contributed by atoms with Crippen molar-refractivity contribution >= 4 is 44.9 Å². The van der Waals surface area contributed by atoms with Crippen molar-refractivity contribution in [3.05, 3.63) is 57.7 Å². The molecule has 6 rings (SSSR count). The van der Waals surface area contributed by atoms with E-state index >= 15 is 0 Å². The molecule has 0 radical (unpaired) electrons. The highest BCUT2D eigenvalue weighted by Gasteiger charge is 2.30. The standard InChI is InChI=1S/C35H42F2N8O5S/c36-26-9-8-24(28-22-51-35(40-28)44-16-19-49-20-17-44)32(31(26)37)50-18-15-38-13-5-3-1-2-4-6-14-39-23-7-10-27-25(21-23)34(48)45(43-42-27)29-11-12-30(46)41-33(29)47/h7-10,21-22,29,38-39H,1-6,11-20H2,(H,41,46,47). The average molecular weight is 725 g/mol. The molecule has 3 N–H and O–H groups in total. The lowest BCUT2D eigenvalue weighted by Crippen LogP contribution is -2.45. The number of nitrogens with zero attached hydrogens (tertiary/aromatic N) is 5. The van der Waals surface area contributed by atoms with Gasteiger partial charge in [-0.2, -0.15) is 9.07 Å². The molecular formula is C35H42F2N8O5S. The van der Waals surface area contributed by atoms with Crippen molar-refractivity contribution in [1.29, 1.82) is 0 Å². The van der Waals surface area contributed by atoms with E-state index in [1.165, 1.54) is 17.4 Å². The predicted octanol–water partition coefficient (Wildman–Crippen LogP) is 4.43. The Kier molecular flexibility index (Phi) is 12.5. The third-order valence-electron chi connectivity index (χ3n) is 8.92. The molecule has 13 nitrogen and oxygen atoms in total. The minimum absolute atomic E-state index is 0.117. The molecule has 2 aromatic carbocycles. The molecule has 2 saturated heterocycles. The van der Waals surface area contributed by atoms with Crippen LogP contribution < -0.4 is 31.1 Å². The Balaban J connectivity index is 0.852. The van der Waals surface area contributed by atoms with E-state index in [4.69, 9.17) is 9.47 Å². The van der Waals surface area contributed by atoms with Crippen molar-refractivity contribution in [2.75, 3.05) is 62.8 Å². The van der Waals surface area contributed by atoms with Gasteiger partial charge in [0.05, 0.1) is 24.3 Å². The Hall–Kier alpha value is -4.54. The summed E-state index contributed by atoms with van der Waals surface area (Å²) in [6.45, 7) is 5.00. The summed E-state index contributed by atoms with van der Waals surface area (Å²) in [4.78, 5) is 43.6. The number of amides is 2. The van der Waals surface area contributed by atoms with Gasteiger partial charge in [0, 0.05) is 49.2 Å². The van der Waals surface area contributed by atoms with Crippen molar-refractivity contribution in [2.45, 2.75) is 57.4 Å². The topological polar surface area (TPSA) is 153 Å². The summed E-state index contributed by atoms with van der Waals surface area (Å²) in [6, 6.07) is 7.06. The summed E-state index contributed by atoms with van der Waals surface area (Å²) in [5.41, 5.74) is 1.80. The summed E-state index contributed by atoms with van der Waals surface area (Å²) in [6.07, 6.45) is 6.65. The number of anilines is 2. The number of rotatable bonds is 17. The number of nitrogens with one attached hydrogen (secondary N) is 3. The number of thiazole rings is 1. The highest BCUT2D eigenvalue weighted by Crippen LogP contribution is 2.36. The number of aromatic nitrogens is 4. The second-order valence-corrected chi connectivity index (χ2v) is 13.4. The number of fused-ring (bicyclic) bond motifs is 1. The van der Waals surface area contributed by atoms with Gasteiger partial charge in [-0.15, -0.1) is 16.4 Å². The van der Waals surface area contributed by atoms with Crippen molar-refractivity contribution in [1.82, 2.24) is 30.6 Å². The Labute approximate surface area is 297 Å². The van der Waals surface area contributed by atoms with Crippen LogP contribution >= 0.6 is 11.3 Å². The Morgan fingerprint density at radius 2 is 1.76 bits per heavy atom. The molecule has 0 aliphatic carbocycles. The number of carbonyl (C=O) groups excluding carboxylic acids is 2. The molecule has 16 heteroatoms. The summed E-state index contributed by atoms with van der Waals surface area (Å²) >= 11 is 1.46. The Morgan fingerprint density at radius 1 is 0.980 bits per heavy atom. The minimum atomic E-state index is -1.01. The average Bonchev–Trinajstić information content (AvgIpc) is 3.63. The zero-order valence-electron chi connectivity index (χ0n) is 28.3. The van der Waals surface area contributed by atoms with Gasteiger partial charge in [-0.3, -0.25) is 19.7 Å². The highest BCUT2D eigenvalue weighted by atomic mass is 32.1. The number of halogens is 2. The fraction of sp³-hybridized carbons (Fsp3) is 0.486. The maximum atomic E-state index is 14.8. The first-order chi connectivity index (χ1) is 24.9. The molecule has 272 valence electrons. The van der Waals surface area contributed by atoms with E-state index in [0.29, 0.717) is 41.9 Å². The third-order valence-corrected chi connectivity index (χ3v) is 9.82. The van der Waals surface area contributed by atoms with Crippen LogP contribution in [-0.2, 0) is 14.3 Å². The predicted molar refractivity (Wildman–Crippen MR) is 190 cm³/mol. The van der Waals surface area contributed by atoms with E-state index in [9.17, 15) is 23.2 Å². The molecule has 2 aromatic heterocycles. The Bertz CT molecular complexity index is 1880. The van der Waals surface area contributed by atoms with Crippen molar-refractivity contribution < 1.29 is 27.8 Å². The fourth-order valence-corrected chi connectivity index (χ4v) is 6.99. The highest BCUT2D eigenvalue weighted by molar-refractivity contribution is 7.14. The van der Waals surface area contributed by atoms with Crippen LogP contribution in [0.2, 0.25) is 0 Å². The lowest BCUT2D eigenvalue weighted by atomic mass is 10.1. The van der Waals surface area contributed by atoms with E-state index in [2.05, 4.69) is 36.1 Å². The maximum absolute atomic E-state index is 14.8. The molecule has 0 bridgehead atoms. The number of hydrogen-bond acceptors (Lipinski definition) is 12. The largest absolute Gasteiger partial charge is 0.488 e. The summed E-state index contributed by atoms with van der Waals surface area (Å²) in [7, 11) is 0. The SMILES string of the molecule is O=C1CCC(n2nnc3ccc(NCCCCCCCCNCCOc4c(-c5csc(N6CCOCC6)n5)ccc(F)c4F)cc3c2=O)C(=O)N1. The summed E-state index contributed by atoms with van der Waals surface area (Å²) in [5, 5.41) is 20.0. The van der Waals surface area contributed by atoms with Crippen molar-refractivity contribution in [3.8, 4) is 17.0 Å². The van der Waals surface area contributed by atoms with Crippen LogP contribution in [0.25, 0.3) is 22.2 Å². The first-order valence-corrected chi connectivity index (χ1v) is 18.3. The molecule has 0 spiro atoms. The molecule has 2 fully saturated rings. The van der Waals surface area contributed by atoms with Gasteiger partial charge in [-0.1, -0.05) is 30.9 Å². The number of morpholine rings is 1. The second-order valence-electron chi connectivity index (χ2n) is 12.5. The number of ether oxygens (including phenoxy) is 2. The van der Waals surface area contributed by atoms with Crippen molar-refractivity contribution in [2.24, 2.45) is 0 Å². The van der Waals surface area contributed by atoms with Gasteiger partial charge < -0.3 is 25.0 Å². The minimum Gasteiger partial charge on any atom is -0.488 e. The second kappa shape index (κ2) is 17.6. The van der Waals surface area contributed by atoms with Gasteiger partial charge in [0.1, 0.15) is 18.2 Å². The molecule has 51 heavy (non-hydrogen) atoms. The smallest absolute Gasteiger partial charge is 0.278 e. The molecule has 0 saturated carbocycles. The summed E-state index contributed by atoms with van der Waals surface area (Å²) in [5.74, 6) is -2.98. The fourth-order valence-electron chi connectivity index (χ4n) is 6.11. The molecule has 2 amide bonds. The quantitative estimate of drug-likeness (QED) is 0.105. The molecule has 4 aromatic rings. The number of hydrogen-bond donors (Lipinski definition) is 3. The van der Waals surface area contributed by atoms with Gasteiger partial charge in [0.25, 0.3) is 11.5 Å². The van der Waals surface area contributed by atoms with E-state index in [1.54, 1.807) is 12.1 Å². The van der Waals surface area contributed by atoms with Crippen LogP contribution in [0.5, 0.6) is 5.75 Å². The van der Waals surface area contributed by atoms with Crippen LogP contribution in [-0.4, -0.2) is 84.3 Å². The third kappa shape index (κ3) is 9.23. The van der Waals surface area contributed by atoms with Crippen LogP contribution in [0.15, 0.2) is 40.5 Å². The van der Waals surface area contributed by atoms with Crippen LogP contribution in [0.4, 0.5) is 19.6 Å². The van der Waals surface area contributed by atoms with E-state index in [0.717, 1.165) is 86.3 Å². The number of piperidine rings is 1. The number of benzene rings is 2. The van der Waals surface area contributed by atoms with E-state index in [-0.39, 0.29) is 31.1 Å². The van der Waals surface area contributed by atoms with Crippen molar-refractivity contribution in [3.63, 3.8) is 0 Å². The molecule has 1 atom stereocenters. The lowest BCUT2D eigenvalue weighted by Gasteiger charge is -2.26.